The third-order valence-electron chi connectivity index (χ3n) is 3.92. The second-order valence-corrected chi connectivity index (χ2v) is 5.36. The van der Waals surface area contributed by atoms with E-state index < -0.39 is 0 Å². The van der Waals surface area contributed by atoms with Crippen LogP contribution >= 0.6 is 0 Å². The molecule has 6 heteroatoms. The van der Waals surface area contributed by atoms with E-state index in [1.54, 1.807) is 0 Å². The third kappa shape index (κ3) is 2.38. The summed E-state index contributed by atoms with van der Waals surface area (Å²) in [5.74, 6) is 0.878. The van der Waals surface area contributed by atoms with Crippen LogP contribution < -0.4 is 0 Å². The summed E-state index contributed by atoms with van der Waals surface area (Å²) in [7, 11) is 0. The Morgan fingerprint density at radius 3 is 2.52 bits per heavy atom. The summed E-state index contributed by atoms with van der Waals surface area (Å²) in [4.78, 5) is 15.5. The molecule has 0 saturated carbocycles. The van der Waals surface area contributed by atoms with Crippen LogP contribution in [0.5, 0.6) is 0 Å². The molecular formula is C17H15N5O. The van der Waals surface area contributed by atoms with Gasteiger partial charge in [-0.25, -0.2) is 9.67 Å². The topological polar surface area (TPSA) is 65.6 Å². The van der Waals surface area contributed by atoms with E-state index in [-0.39, 0.29) is 0 Å². The molecule has 0 unspecified atom stereocenters. The van der Waals surface area contributed by atoms with Gasteiger partial charge in [-0.15, -0.1) is 5.10 Å². The van der Waals surface area contributed by atoms with E-state index in [2.05, 4.69) is 14.9 Å². The van der Waals surface area contributed by atoms with Gasteiger partial charge < -0.3 is 9.36 Å². The summed E-state index contributed by atoms with van der Waals surface area (Å²) in [6, 6.07) is 15.8. The molecule has 0 bridgehead atoms. The summed E-state index contributed by atoms with van der Waals surface area (Å²) < 4.78 is 3.92. The standard InChI is InChI=1S/C17H15N5O/c23-11-5-10-21-15-8-3-1-6-13(15)18-17(21)12-22-16-9-4-2-7-14(16)19-20-22/h1-4,6-9,11H,5,10,12H2. The minimum Gasteiger partial charge on any atom is -0.326 e. The number of nitrogens with zero attached hydrogens (tertiary/aromatic N) is 5. The number of hydrogen-bond acceptors (Lipinski definition) is 4. The van der Waals surface area contributed by atoms with Crippen molar-refractivity contribution in [3.8, 4) is 0 Å². The fourth-order valence-electron chi connectivity index (χ4n) is 2.85. The van der Waals surface area contributed by atoms with Crippen molar-refractivity contribution >= 4 is 28.4 Å². The lowest BCUT2D eigenvalue weighted by molar-refractivity contribution is -0.108. The lowest BCUT2D eigenvalue weighted by Gasteiger charge is -2.07. The molecule has 0 radical (unpaired) electrons. The van der Waals surface area contributed by atoms with Crippen LogP contribution in [0.1, 0.15) is 12.2 Å². The fourth-order valence-corrected chi connectivity index (χ4v) is 2.85. The van der Waals surface area contributed by atoms with Crippen molar-refractivity contribution in [1.29, 1.82) is 0 Å². The number of carbonyl (C=O) groups excluding carboxylic acids is 1. The second kappa shape index (κ2) is 5.64. The Kier molecular flexibility index (Phi) is 3.34. The Hall–Kier alpha value is -3.02. The van der Waals surface area contributed by atoms with Gasteiger partial charge in [0.2, 0.25) is 0 Å². The van der Waals surface area contributed by atoms with Crippen LogP contribution in [0, 0.1) is 0 Å². The highest BCUT2D eigenvalue weighted by Gasteiger charge is 2.12. The van der Waals surface area contributed by atoms with Crippen LogP contribution in [0.3, 0.4) is 0 Å². The average molecular weight is 305 g/mol. The van der Waals surface area contributed by atoms with Gasteiger partial charge in [0.05, 0.1) is 16.6 Å². The van der Waals surface area contributed by atoms with Gasteiger partial charge in [0.15, 0.2) is 0 Å². The molecule has 0 aliphatic rings. The van der Waals surface area contributed by atoms with Crippen molar-refractivity contribution < 1.29 is 4.79 Å². The maximum Gasteiger partial charge on any atom is 0.131 e. The maximum absolute atomic E-state index is 10.8. The van der Waals surface area contributed by atoms with E-state index in [9.17, 15) is 4.79 Å². The van der Waals surface area contributed by atoms with Gasteiger partial charge in [-0.3, -0.25) is 0 Å². The highest BCUT2D eigenvalue weighted by Crippen LogP contribution is 2.18. The normalized spacial score (nSPS) is 11.3. The summed E-state index contributed by atoms with van der Waals surface area (Å²) in [6.07, 6.45) is 1.40. The molecule has 4 rings (SSSR count). The summed E-state index contributed by atoms with van der Waals surface area (Å²) >= 11 is 0. The van der Waals surface area contributed by atoms with Crippen molar-refractivity contribution in [3.63, 3.8) is 0 Å². The summed E-state index contributed by atoms with van der Waals surface area (Å²) in [5.41, 5.74) is 3.80. The van der Waals surface area contributed by atoms with E-state index in [1.807, 2.05) is 53.2 Å². The number of rotatable bonds is 5. The Morgan fingerprint density at radius 2 is 1.70 bits per heavy atom. The number of hydrogen-bond donors (Lipinski definition) is 0. The first-order chi connectivity index (χ1) is 11.4. The van der Waals surface area contributed by atoms with Gasteiger partial charge >= 0.3 is 0 Å². The van der Waals surface area contributed by atoms with Crippen LogP contribution in [0.2, 0.25) is 0 Å². The SMILES string of the molecule is O=CCCn1c(Cn2nnc3ccccc32)nc2ccccc21. The first-order valence-electron chi connectivity index (χ1n) is 7.53. The molecule has 0 fully saturated rings. The van der Waals surface area contributed by atoms with Crippen LogP contribution in [0.4, 0.5) is 0 Å². The molecule has 6 nitrogen and oxygen atoms in total. The number of aromatic nitrogens is 5. The first-order valence-corrected chi connectivity index (χ1v) is 7.53. The zero-order valence-corrected chi connectivity index (χ0v) is 12.5. The van der Waals surface area contributed by atoms with E-state index in [4.69, 9.17) is 4.98 Å². The maximum atomic E-state index is 10.8. The Morgan fingerprint density at radius 1 is 0.957 bits per heavy atom. The Balaban J connectivity index is 1.80. The van der Waals surface area contributed by atoms with Crippen LogP contribution in [0.15, 0.2) is 48.5 Å². The fraction of sp³-hybridized carbons (Fsp3) is 0.176. The minimum absolute atomic E-state index is 0.464. The smallest absolute Gasteiger partial charge is 0.131 e. The van der Waals surface area contributed by atoms with Crippen LogP contribution in [-0.4, -0.2) is 30.8 Å². The van der Waals surface area contributed by atoms with Crippen LogP contribution in [0.25, 0.3) is 22.1 Å². The summed E-state index contributed by atoms with van der Waals surface area (Å²) in [5, 5.41) is 8.41. The number of benzene rings is 2. The second-order valence-electron chi connectivity index (χ2n) is 5.36. The molecule has 0 N–H and O–H groups in total. The Bertz CT molecular complexity index is 985. The van der Waals surface area contributed by atoms with Crippen molar-refractivity contribution in [2.24, 2.45) is 0 Å². The third-order valence-corrected chi connectivity index (χ3v) is 3.92. The van der Waals surface area contributed by atoms with Crippen molar-refractivity contribution in [1.82, 2.24) is 24.5 Å². The molecule has 114 valence electrons. The number of para-hydroxylation sites is 3. The molecule has 23 heavy (non-hydrogen) atoms. The van der Waals surface area contributed by atoms with E-state index >= 15 is 0 Å². The predicted molar refractivity (Wildman–Crippen MR) is 87.0 cm³/mol. The number of imidazole rings is 1. The molecule has 2 heterocycles. The molecule has 2 aromatic carbocycles. The van der Waals surface area contributed by atoms with Gasteiger partial charge in [-0.1, -0.05) is 29.5 Å². The average Bonchev–Trinajstić information content (AvgIpc) is 3.15. The van der Waals surface area contributed by atoms with Gasteiger partial charge in [0.1, 0.15) is 24.2 Å². The van der Waals surface area contributed by atoms with Gasteiger partial charge in [-0.2, -0.15) is 0 Å². The number of aryl methyl sites for hydroxylation is 1. The van der Waals surface area contributed by atoms with Crippen molar-refractivity contribution in [2.45, 2.75) is 19.5 Å². The predicted octanol–water partition coefficient (Wildman–Crippen LogP) is 2.42. The molecule has 2 aromatic heterocycles. The first kappa shape index (κ1) is 13.6. The number of fused-ring (bicyclic) bond motifs is 2. The molecule has 4 aromatic rings. The van der Waals surface area contributed by atoms with Crippen molar-refractivity contribution in [3.05, 3.63) is 54.4 Å². The summed E-state index contributed by atoms with van der Waals surface area (Å²) in [6.45, 7) is 1.14. The van der Waals surface area contributed by atoms with Crippen LogP contribution in [-0.2, 0) is 17.9 Å². The Labute approximate surface area is 132 Å². The molecular weight excluding hydrogens is 290 g/mol. The number of carbonyl (C=O) groups is 1. The largest absolute Gasteiger partial charge is 0.326 e. The van der Waals surface area contributed by atoms with Gasteiger partial charge in [0, 0.05) is 13.0 Å². The highest BCUT2D eigenvalue weighted by molar-refractivity contribution is 5.76. The van der Waals surface area contributed by atoms with E-state index in [0.29, 0.717) is 19.5 Å². The van der Waals surface area contributed by atoms with Gasteiger partial charge in [-0.05, 0) is 24.3 Å². The molecule has 0 aliphatic carbocycles. The highest BCUT2D eigenvalue weighted by atomic mass is 16.1. The number of aldehydes is 1. The lowest BCUT2D eigenvalue weighted by atomic mass is 10.3. The van der Waals surface area contributed by atoms with Gasteiger partial charge in [0.25, 0.3) is 0 Å². The molecule has 0 saturated heterocycles. The monoisotopic (exact) mass is 305 g/mol. The molecule has 0 amide bonds. The molecule has 0 spiro atoms. The van der Waals surface area contributed by atoms with E-state index in [1.165, 1.54) is 0 Å². The zero-order valence-electron chi connectivity index (χ0n) is 12.5. The molecule has 0 atom stereocenters. The zero-order chi connectivity index (χ0) is 15.6. The lowest BCUT2D eigenvalue weighted by Crippen LogP contribution is -2.10. The van der Waals surface area contributed by atoms with E-state index in [0.717, 1.165) is 34.2 Å². The minimum atomic E-state index is 0.464. The molecule has 0 aliphatic heterocycles. The quantitative estimate of drug-likeness (QED) is 0.531. The van der Waals surface area contributed by atoms with Crippen molar-refractivity contribution in [2.75, 3.05) is 0 Å².